The van der Waals surface area contributed by atoms with Crippen LogP contribution in [-0.4, -0.2) is 12.2 Å². The lowest BCUT2D eigenvalue weighted by atomic mass is 10.0. The summed E-state index contributed by atoms with van der Waals surface area (Å²) < 4.78 is 18.1. The van der Waals surface area contributed by atoms with E-state index in [1.54, 1.807) is 25.3 Å². The summed E-state index contributed by atoms with van der Waals surface area (Å²) in [6.07, 6.45) is 0. The maximum absolute atomic E-state index is 13.0. The number of aliphatic hydroxyl groups excluding tert-OH is 1. The van der Waals surface area contributed by atoms with Crippen molar-refractivity contribution in [2.24, 2.45) is 0 Å². The van der Waals surface area contributed by atoms with E-state index in [1.807, 2.05) is 0 Å². The van der Waals surface area contributed by atoms with Crippen LogP contribution in [0.2, 0.25) is 0 Å². The number of hydrogen-bond acceptors (Lipinski definition) is 2. The van der Waals surface area contributed by atoms with Crippen molar-refractivity contribution in [1.82, 2.24) is 0 Å². The third kappa shape index (κ3) is 1.66. The van der Waals surface area contributed by atoms with E-state index in [0.717, 1.165) is 10.8 Å². The van der Waals surface area contributed by atoms with E-state index in [9.17, 15) is 9.50 Å². The fourth-order valence-electron chi connectivity index (χ4n) is 1.70. The van der Waals surface area contributed by atoms with Gasteiger partial charge in [0.25, 0.3) is 0 Å². The summed E-state index contributed by atoms with van der Waals surface area (Å²) in [5, 5.41) is 10.8. The molecule has 0 atom stereocenters. The van der Waals surface area contributed by atoms with Crippen molar-refractivity contribution in [2.75, 3.05) is 7.11 Å². The zero-order chi connectivity index (χ0) is 10.8. The molecule has 2 aromatic carbocycles. The number of benzene rings is 2. The van der Waals surface area contributed by atoms with Gasteiger partial charge in [-0.1, -0.05) is 12.1 Å². The lowest BCUT2D eigenvalue weighted by molar-refractivity contribution is 0.275. The molecule has 3 heteroatoms. The number of aliphatic hydroxyl groups is 1. The van der Waals surface area contributed by atoms with Gasteiger partial charge < -0.3 is 9.84 Å². The molecule has 78 valence electrons. The SMILES string of the molecule is COc1ccc2cc(F)ccc2c1CO. The summed E-state index contributed by atoms with van der Waals surface area (Å²) in [5.41, 5.74) is 0.690. The highest BCUT2D eigenvalue weighted by Gasteiger charge is 2.07. The number of rotatable bonds is 2. The molecular weight excluding hydrogens is 195 g/mol. The lowest BCUT2D eigenvalue weighted by Gasteiger charge is -2.09. The predicted molar refractivity (Wildman–Crippen MR) is 56.4 cm³/mol. The lowest BCUT2D eigenvalue weighted by Crippen LogP contribution is -1.93. The van der Waals surface area contributed by atoms with Crippen LogP contribution >= 0.6 is 0 Å². The van der Waals surface area contributed by atoms with Gasteiger partial charge in [-0.3, -0.25) is 0 Å². The first-order chi connectivity index (χ1) is 7.26. The van der Waals surface area contributed by atoms with E-state index in [-0.39, 0.29) is 12.4 Å². The van der Waals surface area contributed by atoms with E-state index >= 15 is 0 Å². The third-order valence-electron chi connectivity index (χ3n) is 2.43. The van der Waals surface area contributed by atoms with Gasteiger partial charge >= 0.3 is 0 Å². The minimum absolute atomic E-state index is 0.119. The fraction of sp³-hybridized carbons (Fsp3) is 0.167. The maximum Gasteiger partial charge on any atom is 0.125 e. The average molecular weight is 206 g/mol. The number of methoxy groups -OCH3 is 1. The maximum atomic E-state index is 13.0. The molecule has 2 aromatic rings. The molecule has 0 radical (unpaired) electrons. The van der Waals surface area contributed by atoms with E-state index in [1.165, 1.54) is 12.1 Å². The molecule has 0 bridgehead atoms. The summed E-state index contributed by atoms with van der Waals surface area (Å²) in [5.74, 6) is 0.341. The molecule has 0 aromatic heterocycles. The van der Waals surface area contributed by atoms with Gasteiger partial charge in [0.15, 0.2) is 0 Å². The van der Waals surface area contributed by atoms with Gasteiger partial charge in [0.2, 0.25) is 0 Å². The molecule has 0 heterocycles. The topological polar surface area (TPSA) is 29.5 Å². The van der Waals surface area contributed by atoms with Gasteiger partial charge in [-0.15, -0.1) is 0 Å². The Kier molecular flexibility index (Phi) is 2.56. The summed E-state index contributed by atoms with van der Waals surface area (Å²) in [4.78, 5) is 0. The van der Waals surface area contributed by atoms with Crippen LogP contribution in [0.5, 0.6) is 5.75 Å². The number of ether oxygens (including phenoxy) is 1. The zero-order valence-electron chi connectivity index (χ0n) is 8.33. The van der Waals surface area contributed by atoms with E-state index in [2.05, 4.69) is 0 Å². The van der Waals surface area contributed by atoms with Crippen LogP contribution in [0.15, 0.2) is 30.3 Å². The molecule has 0 spiro atoms. The Balaban J connectivity index is 2.76. The standard InChI is InChI=1S/C12H11FO2/c1-15-12-5-2-8-6-9(13)3-4-10(8)11(12)7-14/h2-6,14H,7H2,1H3. The second kappa shape index (κ2) is 3.87. The Labute approximate surface area is 86.9 Å². The predicted octanol–water partition coefficient (Wildman–Crippen LogP) is 2.48. The van der Waals surface area contributed by atoms with Gasteiger partial charge in [0.05, 0.1) is 13.7 Å². The van der Waals surface area contributed by atoms with E-state index < -0.39 is 0 Å². The Hall–Kier alpha value is -1.61. The minimum Gasteiger partial charge on any atom is -0.496 e. The largest absolute Gasteiger partial charge is 0.496 e. The number of halogens is 1. The first kappa shape index (κ1) is 9.93. The molecule has 0 unspecified atom stereocenters. The highest BCUT2D eigenvalue weighted by Crippen LogP contribution is 2.28. The van der Waals surface area contributed by atoms with Crippen LogP contribution in [-0.2, 0) is 6.61 Å². The number of fused-ring (bicyclic) bond motifs is 1. The van der Waals surface area contributed by atoms with Gasteiger partial charge in [-0.25, -0.2) is 4.39 Å². The smallest absolute Gasteiger partial charge is 0.125 e. The quantitative estimate of drug-likeness (QED) is 0.817. The van der Waals surface area contributed by atoms with Crippen molar-refractivity contribution in [1.29, 1.82) is 0 Å². The molecule has 15 heavy (non-hydrogen) atoms. The Morgan fingerprint density at radius 2 is 2.07 bits per heavy atom. The third-order valence-corrected chi connectivity index (χ3v) is 2.43. The second-order valence-corrected chi connectivity index (χ2v) is 3.27. The van der Waals surface area contributed by atoms with E-state index in [0.29, 0.717) is 11.3 Å². The van der Waals surface area contributed by atoms with Crippen molar-refractivity contribution in [3.05, 3.63) is 41.7 Å². The molecular formula is C12H11FO2. The molecule has 2 rings (SSSR count). The fourth-order valence-corrected chi connectivity index (χ4v) is 1.70. The van der Waals surface area contributed by atoms with Crippen LogP contribution < -0.4 is 4.74 Å². The minimum atomic E-state index is -0.281. The molecule has 0 saturated carbocycles. The zero-order valence-corrected chi connectivity index (χ0v) is 8.33. The number of hydrogen-bond donors (Lipinski definition) is 1. The van der Waals surface area contributed by atoms with Crippen LogP contribution in [0.3, 0.4) is 0 Å². The normalized spacial score (nSPS) is 10.6. The van der Waals surface area contributed by atoms with Crippen molar-refractivity contribution < 1.29 is 14.2 Å². The van der Waals surface area contributed by atoms with Crippen molar-refractivity contribution in [3.63, 3.8) is 0 Å². The van der Waals surface area contributed by atoms with Crippen LogP contribution in [0.4, 0.5) is 4.39 Å². The van der Waals surface area contributed by atoms with E-state index in [4.69, 9.17) is 4.74 Å². The second-order valence-electron chi connectivity index (χ2n) is 3.27. The van der Waals surface area contributed by atoms with Crippen LogP contribution in [0.25, 0.3) is 10.8 Å². The summed E-state index contributed by atoms with van der Waals surface area (Å²) in [6, 6.07) is 7.97. The first-order valence-corrected chi connectivity index (χ1v) is 4.62. The van der Waals surface area contributed by atoms with Crippen molar-refractivity contribution in [3.8, 4) is 5.75 Å². The van der Waals surface area contributed by atoms with Crippen LogP contribution in [0, 0.1) is 5.82 Å². The highest BCUT2D eigenvalue weighted by molar-refractivity contribution is 5.87. The van der Waals surface area contributed by atoms with Crippen molar-refractivity contribution >= 4 is 10.8 Å². The van der Waals surface area contributed by atoms with Gasteiger partial charge in [0, 0.05) is 5.56 Å². The Bertz CT molecular complexity index is 494. The molecule has 0 aliphatic carbocycles. The van der Waals surface area contributed by atoms with Crippen LogP contribution in [0.1, 0.15) is 5.56 Å². The molecule has 0 amide bonds. The average Bonchev–Trinajstić information content (AvgIpc) is 2.27. The molecule has 0 aliphatic heterocycles. The molecule has 2 nitrogen and oxygen atoms in total. The summed E-state index contributed by atoms with van der Waals surface area (Å²) >= 11 is 0. The summed E-state index contributed by atoms with van der Waals surface area (Å²) in [7, 11) is 1.55. The highest BCUT2D eigenvalue weighted by atomic mass is 19.1. The molecule has 0 saturated heterocycles. The molecule has 0 aliphatic rings. The van der Waals surface area contributed by atoms with Gasteiger partial charge in [-0.2, -0.15) is 0 Å². The monoisotopic (exact) mass is 206 g/mol. The van der Waals surface area contributed by atoms with Gasteiger partial charge in [-0.05, 0) is 29.0 Å². The molecule has 1 N–H and O–H groups in total. The Morgan fingerprint density at radius 1 is 1.27 bits per heavy atom. The molecule has 0 fully saturated rings. The summed E-state index contributed by atoms with van der Waals surface area (Å²) in [6.45, 7) is -0.119. The van der Waals surface area contributed by atoms with Gasteiger partial charge in [0.1, 0.15) is 11.6 Å². The Morgan fingerprint density at radius 3 is 2.73 bits per heavy atom. The first-order valence-electron chi connectivity index (χ1n) is 4.62. The van der Waals surface area contributed by atoms with Crippen molar-refractivity contribution in [2.45, 2.75) is 6.61 Å².